The molecule has 0 saturated carbocycles. The van der Waals surface area contributed by atoms with Crippen molar-refractivity contribution in [2.24, 2.45) is 0 Å². The Balaban J connectivity index is 1.79. The van der Waals surface area contributed by atoms with Crippen LogP contribution in [-0.2, 0) is 21.2 Å². The molecule has 1 atom stereocenters. The van der Waals surface area contributed by atoms with E-state index in [1.54, 1.807) is 0 Å². The van der Waals surface area contributed by atoms with E-state index in [2.05, 4.69) is 26.6 Å². The van der Waals surface area contributed by atoms with Gasteiger partial charge in [-0.3, -0.25) is 4.79 Å². The van der Waals surface area contributed by atoms with Crippen LogP contribution < -0.4 is 10.6 Å². The largest absolute Gasteiger partial charge is 0.352 e. The van der Waals surface area contributed by atoms with Crippen LogP contribution in [0.2, 0.25) is 0 Å². The third kappa shape index (κ3) is 4.88. The van der Waals surface area contributed by atoms with Gasteiger partial charge in [0.1, 0.15) is 0 Å². The third-order valence-electron chi connectivity index (χ3n) is 3.14. The summed E-state index contributed by atoms with van der Waals surface area (Å²) < 4.78 is 23.9. The summed E-state index contributed by atoms with van der Waals surface area (Å²) in [6.07, 6.45) is 0.190. The molecule has 1 aromatic rings. The SMILES string of the molecule is O=C(CC1CS(=O)(=O)CCN1)NCc1ccc(Br)cc1. The number of amides is 1. The van der Waals surface area contributed by atoms with E-state index in [4.69, 9.17) is 0 Å². The molecule has 7 heteroatoms. The maximum absolute atomic E-state index is 11.8. The van der Waals surface area contributed by atoms with Gasteiger partial charge in [-0.15, -0.1) is 0 Å². The lowest BCUT2D eigenvalue weighted by molar-refractivity contribution is -0.121. The van der Waals surface area contributed by atoms with Crippen molar-refractivity contribution in [1.82, 2.24) is 10.6 Å². The lowest BCUT2D eigenvalue weighted by atomic mass is 10.2. The number of hydrogen-bond acceptors (Lipinski definition) is 4. The molecule has 20 heavy (non-hydrogen) atoms. The van der Waals surface area contributed by atoms with Gasteiger partial charge in [-0.25, -0.2) is 8.42 Å². The van der Waals surface area contributed by atoms with E-state index in [-0.39, 0.29) is 29.9 Å². The summed E-state index contributed by atoms with van der Waals surface area (Å²) in [5, 5.41) is 5.87. The molecule has 1 amide bonds. The molecule has 2 rings (SSSR count). The summed E-state index contributed by atoms with van der Waals surface area (Å²) >= 11 is 3.35. The second-order valence-electron chi connectivity index (χ2n) is 4.87. The highest BCUT2D eigenvalue weighted by Gasteiger charge is 2.25. The van der Waals surface area contributed by atoms with Gasteiger partial charge < -0.3 is 10.6 Å². The van der Waals surface area contributed by atoms with Gasteiger partial charge in [0.15, 0.2) is 9.84 Å². The molecule has 2 N–H and O–H groups in total. The van der Waals surface area contributed by atoms with E-state index in [1.165, 1.54) is 0 Å². The average molecular weight is 361 g/mol. The van der Waals surface area contributed by atoms with Gasteiger partial charge in [-0.1, -0.05) is 28.1 Å². The van der Waals surface area contributed by atoms with E-state index in [0.29, 0.717) is 13.1 Å². The van der Waals surface area contributed by atoms with Gasteiger partial charge >= 0.3 is 0 Å². The topological polar surface area (TPSA) is 75.3 Å². The molecule has 1 saturated heterocycles. The summed E-state index contributed by atoms with van der Waals surface area (Å²) in [6, 6.07) is 7.40. The summed E-state index contributed by atoms with van der Waals surface area (Å²) in [5.74, 6) is 0.0606. The molecule has 110 valence electrons. The van der Waals surface area contributed by atoms with Crippen LogP contribution in [0, 0.1) is 0 Å². The fourth-order valence-electron chi connectivity index (χ4n) is 2.10. The second kappa shape index (κ2) is 6.69. The van der Waals surface area contributed by atoms with E-state index >= 15 is 0 Å². The van der Waals surface area contributed by atoms with Crippen LogP contribution in [0.5, 0.6) is 0 Å². The number of carbonyl (C=O) groups is 1. The van der Waals surface area contributed by atoms with Gasteiger partial charge in [-0.2, -0.15) is 0 Å². The van der Waals surface area contributed by atoms with Crippen molar-refractivity contribution >= 4 is 31.7 Å². The first kappa shape index (κ1) is 15.5. The van der Waals surface area contributed by atoms with Crippen molar-refractivity contribution in [3.05, 3.63) is 34.3 Å². The monoisotopic (exact) mass is 360 g/mol. The number of rotatable bonds is 4. The molecular formula is C13H17BrN2O3S. The maximum Gasteiger partial charge on any atom is 0.221 e. The van der Waals surface area contributed by atoms with Crippen LogP contribution in [0.25, 0.3) is 0 Å². The molecule has 1 fully saturated rings. The molecule has 5 nitrogen and oxygen atoms in total. The van der Waals surface area contributed by atoms with Crippen LogP contribution in [0.1, 0.15) is 12.0 Å². The molecule has 1 unspecified atom stereocenters. The van der Waals surface area contributed by atoms with E-state index in [9.17, 15) is 13.2 Å². The first-order valence-electron chi connectivity index (χ1n) is 6.39. The number of benzene rings is 1. The lowest BCUT2D eigenvalue weighted by Gasteiger charge is -2.23. The standard InChI is InChI=1S/C13H17BrN2O3S/c14-11-3-1-10(2-4-11)8-16-13(17)7-12-9-20(18,19)6-5-15-12/h1-4,12,15H,5-9H2,(H,16,17). The fourth-order valence-corrected chi connectivity index (χ4v) is 3.81. The Bertz CT molecular complexity index is 572. The van der Waals surface area contributed by atoms with Crippen molar-refractivity contribution in [2.75, 3.05) is 18.1 Å². The summed E-state index contributed by atoms with van der Waals surface area (Å²) in [4.78, 5) is 11.8. The highest BCUT2D eigenvalue weighted by Crippen LogP contribution is 2.10. The van der Waals surface area contributed by atoms with E-state index < -0.39 is 9.84 Å². The number of carbonyl (C=O) groups excluding carboxylic acids is 1. The minimum absolute atomic E-state index is 0.0404. The zero-order valence-corrected chi connectivity index (χ0v) is 13.3. The summed E-state index contributed by atoms with van der Waals surface area (Å²) in [6.45, 7) is 0.874. The minimum atomic E-state index is -3.00. The van der Waals surface area contributed by atoms with Gasteiger partial charge in [0, 0.05) is 30.0 Å². The predicted molar refractivity (Wildman–Crippen MR) is 81.1 cm³/mol. The van der Waals surface area contributed by atoms with Crippen molar-refractivity contribution in [3.8, 4) is 0 Å². The Morgan fingerprint density at radius 2 is 2.05 bits per heavy atom. The number of halogens is 1. The van der Waals surface area contributed by atoms with Crippen molar-refractivity contribution in [2.45, 2.75) is 19.0 Å². The van der Waals surface area contributed by atoms with Crippen LogP contribution in [-0.4, -0.2) is 38.4 Å². The fraction of sp³-hybridized carbons (Fsp3) is 0.462. The maximum atomic E-state index is 11.8. The third-order valence-corrected chi connectivity index (χ3v) is 5.40. The summed E-state index contributed by atoms with van der Waals surface area (Å²) in [7, 11) is -3.00. The number of hydrogen-bond donors (Lipinski definition) is 2. The molecule has 1 aliphatic heterocycles. The summed E-state index contributed by atoms with van der Waals surface area (Å²) in [5.41, 5.74) is 1.01. The van der Waals surface area contributed by atoms with Crippen molar-refractivity contribution in [1.29, 1.82) is 0 Å². The molecule has 0 bridgehead atoms. The van der Waals surface area contributed by atoms with Crippen molar-refractivity contribution in [3.63, 3.8) is 0 Å². The zero-order chi connectivity index (χ0) is 14.6. The molecule has 0 spiro atoms. The second-order valence-corrected chi connectivity index (χ2v) is 8.02. The number of sulfone groups is 1. The van der Waals surface area contributed by atoms with Crippen LogP contribution in [0.15, 0.2) is 28.7 Å². The van der Waals surface area contributed by atoms with Crippen LogP contribution in [0.3, 0.4) is 0 Å². The Morgan fingerprint density at radius 3 is 2.70 bits per heavy atom. The Hall–Kier alpha value is -0.920. The quantitative estimate of drug-likeness (QED) is 0.834. The van der Waals surface area contributed by atoms with Crippen LogP contribution in [0.4, 0.5) is 0 Å². The Labute approximate surface area is 127 Å². The molecule has 1 aromatic carbocycles. The molecule has 1 heterocycles. The molecule has 0 aromatic heterocycles. The Kier molecular flexibility index (Phi) is 5.17. The van der Waals surface area contributed by atoms with E-state index in [1.807, 2.05) is 24.3 Å². The molecule has 1 aliphatic rings. The highest BCUT2D eigenvalue weighted by atomic mass is 79.9. The highest BCUT2D eigenvalue weighted by molar-refractivity contribution is 9.10. The Morgan fingerprint density at radius 1 is 1.35 bits per heavy atom. The first-order chi connectivity index (χ1) is 9.44. The van der Waals surface area contributed by atoms with Crippen molar-refractivity contribution < 1.29 is 13.2 Å². The van der Waals surface area contributed by atoms with Gasteiger partial charge in [-0.05, 0) is 17.7 Å². The molecular weight excluding hydrogens is 344 g/mol. The zero-order valence-electron chi connectivity index (χ0n) is 10.9. The predicted octanol–water partition coefficient (Wildman–Crippen LogP) is 0.842. The van der Waals surface area contributed by atoms with Gasteiger partial charge in [0.25, 0.3) is 0 Å². The first-order valence-corrected chi connectivity index (χ1v) is 9.01. The van der Waals surface area contributed by atoms with Gasteiger partial charge in [0.05, 0.1) is 11.5 Å². The minimum Gasteiger partial charge on any atom is -0.352 e. The smallest absolute Gasteiger partial charge is 0.221 e. The van der Waals surface area contributed by atoms with Crippen LogP contribution >= 0.6 is 15.9 Å². The normalized spacial score (nSPS) is 21.4. The van der Waals surface area contributed by atoms with Gasteiger partial charge in [0.2, 0.25) is 5.91 Å². The molecule has 0 aliphatic carbocycles. The molecule has 0 radical (unpaired) electrons. The lowest BCUT2D eigenvalue weighted by Crippen LogP contribution is -2.47. The number of nitrogens with one attached hydrogen (secondary N) is 2. The average Bonchev–Trinajstić information content (AvgIpc) is 2.37. The van der Waals surface area contributed by atoms with E-state index in [0.717, 1.165) is 10.0 Å².